The maximum absolute atomic E-state index is 13.5. The van der Waals surface area contributed by atoms with Crippen LogP contribution in [0.25, 0.3) is 0 Å². The van der Waals surface area contributed by atoms with E-state index in [0.29, 0.717) is 43.1 Å². The summed E-state index contributed by atoms with van der Waals surface area (Å²) in [4.78, 5) is 34.5. The third kappa shape index (κ3) is 8.82. The third-order valence-electron chi connectivity index (χ3n) is 15.4. The van der Waals surface area contributed by atoms with Gasteiger partial charge >= 0.3 is 24.1 Å². The second-order valence-corrected chi connectivity index (χ2v) is 19.7. The molecule has 6 atom stereocenters. The Hall–Kier alpha value is -1.88. The van der Waals surface area contributed by atoms with Crippen LogP contribution in [0.5, 0.6) is 0 Å². The van der Waals surface area contributed by atoms with Gasteiger partial charge < -0.3 is 24.1 Å². The van der Waals surface area contributed by atoms with E-state index in [4.69, 9.17) is 14.2 Å². The highest BCUT2D eigenvalue weighted by Crippen LogP contribution is 2.61. The zero-order valence-electron chi connectivity index (χ0n) is 34.4. The number of rotatable bonds is 10. The Kier molecular flexibility index (Phi) is 12.7. The highest BCUT2D eigenvalue weighted by Gasteiger charge is 2.61. The molecule has 1 heterocycles. The number of hydrogen-bond donors (Lipinski definition) is 1. The number of carbonyl (C=O) groups excluding carboxylic acids is 3. The molecule has 8 saturated carbocycles. The average Bonchev–Trinajstić information content (AvgIpc) is 3.48. The van der Waals surface area contributed by atoms with Crippen LogP contribution in [0.3, 0.4) is 0 Å². The number of carbonyl (C=O) groups is 3. The number of halogens is 3. The summed E-state index contributed by atoms with van der Waals surface area (Å²) in [5.74, 6) is 2.68. The van der Waals surface area contributed by atoms with E-state index in [1.165, 1.54) is 19.8 Å². The first-order valence-electron chi connectivity index (χ1n) is 21.1. The lowest BCUT2D eigenvalue weighted by Crippen LogP contribution is -2.61. The van der Waals surface area contributed by atoms with Gasteiger partial charge in [0.1, 0.15) is 5.60 Å². The number of hydrogen-bond acceptors (Lipinski definition) is 8. The number of cyclic esters (lactones) is 1. The molecule has 0 aromatic rings. The Morgan fingerprint density at radius 3 is 1.83 bits per heavy atom. The summed E-state index contributed by atoms with van der Waals surface area (Å²) in [7, 11) is 0. The van der Waals surface area contributed by atoms with Gasteiger partial charge in [-0.1, -0.05) is 27.7 Å². The van der Waals surface area contributed by atoms with Crippen LogP contribution in [0.15, 0.2) is 0 Å². The maximum Gasteiger partial charge on any atom is 0.396 e. The number of esters is 3. The average molecular weight is 771 g/mol. The fraction of sp³-hybridized carbons (Fsp3) is 0.930. The molecule has 11 heteroatoms. The first kappa shape index (κ1) is 43.2. The van der Waals surface area contributed by atoms with E-state index >= 15 is 0 Å². The Morgan fingerprint density at radius 1 is 0.870 bits per heavy atom. The summed E-state index contributed by atoms with van der Waals surface area (Å²) < 4.78 is 62.4. The molecule has 0 aromatic carbocycles. The molecule has 1 N–H and O–H groups in total. The molecule has 0 radical (unpaired) electrons. The molecule has 1 aliphatic heterocycles. The molecule has 310 valence electrons. The third-order valence-corrected chi connectivity index (χ3v) is 15.4. The minimum Gasteiger partial charge on any atom is -0.463 e. The molecule has 8 aliphatic carbocycles. The second-order valence-electron chi connectivity index (χ2n) is 19.7. The van der Waals surface area contributed by atoms with E-state index in [9.17, 15) is 32.7 Å². The normalized spacial score (nSPS) is 39.6. The van der Waals surface area contributed by atoms with Gasteiger partial charge in [0, 0.05) is 12.8 Å². The molecular formula is C43H69F3O8. The fourth-order valence-corrected chi connectivity index (χ4v) is 11.3. The quantitative estimate of drug-likeness (QED) is 0.173. The first-order chi connectivity index (χ1) is 25.0. The van der Waals surface area contributed by atoms with Crippen LogP contribution >= 0.6 is 0 Å². The first-order valence-corrected chi connectivity index (χ1v) is 21.1. The molecule has 9 rings (SSSR count). The molecule has 0 aromatic heterocycles. The van der Waals surface area contributed by atoms with Gasteiger partial charge in [-0.15, -0.1) is 0 Å². The molecule has 0 spiro atoms. The van der Waals surface area contributed by atoms with Crippen molar-refractivity contribution in [3.8, 4) is 0 Å². The van der Waals surface area contributed by atoms with E-state index < -0.39 is 40.8 Å². The summed E-state index contributed by atoms with van der Waals surface area (Å²) in [6.07, 6.45) is 8.02. The van der Waals surface area contributed by atoms with Crippen molar-refractivity contribution in [1.82, 2.24) is 0 Å². The van der Waals surface area contributed by atoms with Crippen molar-refractivity contribution >= 4 is 17.9 Å². The maximum atomic E-state index is 13.5. The monoisotopic (exact) mass is 770 g/mol. The van der Waals surface area contributed by atoms with Gasteiger partial charge in [0.2, 0.25) is 6.10 Å². The lowest BCUT2D eigenvalue weighted by molar-refractivity contribution is -0.293. The lowest BCUT2D eigenvalue weighted by Gasteiger charge is -2.61. The predicted octanol–water partition coefficient (Wildman–Crippen LogP) is 9.53. The minimum absolute atomic E-state index is 0.0638. The number of ether oxygens (including phenoxy) is 4. The molecule has 8 nitrogen and oxygen atoms in total. The van der Waals surface area contributed by atoms with Crippen LogP contribution in [-0.4, -0.2) is 64.8 Å². The highest BCUT2D eigenvalue weighted by molar-refractivity contribution is 5.81. The van der Waals surface area contributed by atoms with Crippen LogP contribution < -0.4 is 0 Å². The molecule has 9 aliphatic rings. The molecular weight excluding hydrogens is 701 g/mol. The van der Waals surface area contributed by atoms with Gasteiger partial charge in [-0.25, -0.2) is 4.79 Å². The Labute approximate surface area is 321 Å². The van der Waals surface area contributed by atoms with Crippen molar-refractivity contribution in [2.45, 2.75) is 194 Å². The fourth-order valence-electron chi connectivity index (χ4n) is 11.3. The minimum atomic E-state index is -4.22. The van der Waals surface area contributed by atoms with E-state index in [2.05, 4.69) is 11.7 Å². The molecule has 54 heavy (non-hydrogen) atoms. The van der Waals surface area contributed by atoms with Gasteiger partial charge in [-0.2, -0.15) is 13.2 Å². The number of alkyl halides is 3. The van der Waals surface area contributed by atoms with Crippen LogP contribution in [0, 0.1) is 52.3 Å². The summed E-state index contributed by atoms with van der Waals surface area (Å²) in [5.41, 5.74) is -3.44. The van der Waals surface area contributed by atoms with Crippen LogP contribution in [0.2, 0.25) is 0 Å². The van der Waals surface area contributed by atoms with Crippen molar-refractivity contribution in [3.63, 3.8) is 0 Å². The molecule has 9 fully saturated rings. The van der Waals surface area contributed by atoms with E-state index in [1.54, 1.807) is 20.8 Å². The van der Waals surface area contributed by atoms with Crippen LogP contribution in [0.4, 0.5) is 13.2 Å². The summed E-state index contributed by atoms with van der Waals surface area (Å²) in [6.45, 7) is 16.6. The SMILES string of the molecule is CCC(C)(C(C)OC1(C)C2CC3CC(C2)CC1C3)C(F)(F)F.CCC(C)(C)C(=O)OC12CC3CC(CC(O)(C3)C1)C2.CCC(C)C(=O)OC1CCOC1=O. The van der Waals surface area contributed by atoms with E-state index in [0.717, 1.165) is 76.0 Å². The smallest absolute Gasteiger partial charge is 0.396 e. The van der Waals surface area contributed by atoms with Gasteiger partial charge in [0.25, 0.3) is 0 Å². The van der Waals surface area contributed by atoms with Gasteiger partial charge in [0.05, 0.1) is 40.7 Å². The summed E-state index contributed by atoms with van der Waals surface area (Å²) in [6, 6.07) is 0. The number of aliphatic hydroxyl groups is 1. The van der Waals surface area contributed by atoms with Gasteiger partial charge in [-0.05, 0) is 154 Å². The Balaban J connectivity index is 0.000000161. The molecule has 1 saturated heterocycles. The van der Waals surface area contributed by atoms with Crippen molar-refractivity contribution < 1.29 is 51.6 Å². The van der Waals surface area contributed by atoms with Crippen LogP contribution in [-0.2, 0) is 33.3 Å². The summed E-state index contributed by atoms with van der Waals surface area (Å²) >= 11 is 0. The summed E-state index contributed by atoms with van der Waals surface area (Å²) in [5, 5.41) is 10.6. The Bertz CT molecular complexity index is 1320. The van der Waals surface area contributed by atoms with Crippen molar-refractivity contribution in [2.24, 2.45) is 52.3 Å². The lowest BCUT2D eigenvalue weighted by atomic mass is 9.50. The molecule has 0 amide bonds. The standard InChI is InChI=1S/C18H29F3O.C16H26O3.C9H14O4/c1-5-16(3,18(19,20)21)11(2)22-17(4)14-7-12-6-13(9-14)10-15(17)8-12;1-4-14(2,3)13(17)19-16-8-11-5-12(9-16)7-15(18,6-11)10-16;1-3-6(2)8(10)13-7-4-5-12-9(7)11/h11-15H,5-10H2,1-4H3;11-12,18H,4-10H2,1-3H3;6-7H,3-5H2,1-2H3. The zero-order valence-corrected chi connectivity index (χ0v) is 34.4. The second kappa shape index (κ2) is 15.8. The van der Waals surface area contributed by atoms with E-state index in [1.807, 2.05) is 27.7 Å². The highest BCUT2D eigenvalue weighted by atomic mass is 19.4. The largest absolute Gasteiger partial charge is 0.463 e. The van der Waals surface area contributed by atoms with E-state index in [-0.39, 0.29) is 35.5 Å². The van der Waals surface area contributed by atoms with Crippen molar-refractivity contribution in [1.29, 1.82) is 0 Å². The van der Waals surface area contributed by atoms with Crippen LogP contribution in [0.1, 0.15) is 159 Å². The van der Waals surface area contributed by atoms with Crippen molar-refractivity contribution in [3.05, 3.63) is 0 Å². The van der Waals surface area contributed by atoms with Crippen molar-refractivity contribution in [2.75, 3.05) is 6.61 Å². The molecule has 6 unspecified atom stereocenters. The molecule has 8 bridgehead atoms. The zero-order chi connectivity index (χ0) is 40.1. The van der Waals surface area contributed by atoms with Gasteiger partial charge in [-0.3, -0.25) is 9.59 Å². The van der Waals surface area contributed by atoms with Gasteiger partial charge in [0.15, 0.2) is 0 Å². The Morgan fingerprint density at radius 2 is 1.41 bits per heavy atom. The predicted molar refractivity (Wildman–Crippen MR) is 198 cm³/mol. The topological polar surface area (TPSA) is 108 Å².